The molecular formula is C26H24N8O11S. The number of esters is 2. The van der Waals surface area contributed by atoms with E-state index in [0.717, 1.165) is 13.2 Å². The summed E-state index contributed by atoms with van der Waals surface area (Å²) in [5, 5.41) is 23.4. The van der Waals surface area contributed by atoms with E-state index in [0.29, 0.717) is 11.3 Å². The van der Waals surface area contributed by atoms with Crippen LogP contribution in [0, 0.1) is 20.2 Å². The molecule has 240 valence electrons. The van der Waals surface area contributed by atoms with Crippen molar-refractivity contribution in [2.24, 2.45) is 4.52 Å². The summed E-state index contributed by atoms with van der Waals surface area (Å²) in [6, 6.07) is 16.4. The number of hydrogen-bond acceptors (Lipinski definition) is 11. The van der Waals surface area contributed by atoms with E-state index >= 15 is 0 Å². The minimum Gasteiger partial charge on any atom is -0.469 e. The van der Waals surface area contributed by atoms with Crippen LogP contribution in [0.1, 0.15) is 18.1 Å². The Morgan fingerprint density at radius 1 is 0.891 bits per heavy atom. The monoisotopic (exact) mass is 656 g/mol. The van der Waals surface area contributed by atoms with E-state index in [1.807, 2.05) is 0 Å². The number of sulfonamides is 1. The number of nitrogens with one attached hydrogen (secondary N) is 1. The summed E-state index contributed by atoms with van der Waals surface area (Å²) >= 11 is 0. The van der Waals surface area contributed by atoms with E-state index in [2.05, 4.69) is 29.0 Å². The first-order chi connectivity index (χ1) is 21.7. The fourth-order valence-corrected chi connectivity index (χ4v) is 3.78. The molecule has 0 aromatic heterocycles. The Labute approximate surface area is 260 Å². The van der Waals surface area contributed by atoms with Gasteiger partial charge in [-0.3, -0.25) is 29.8 Å². The first kappa shape index (κ1) is 37.5. The second-order valence-electron chi connectivity index (χ2n) is 8.28. The van der Waals surface area contributed by atoms with Gasteiger partial charge in [-0.2, -0.15) is 4.79 Å². The van der Waals surface area contributed by atoms with Crippen LogP contribution in [0.3, 0.4) is 0 Å². The molecule has 0 unspecified atom stereocenters. The average Bonchev–Trinajstić information content (AvgIpc) is 3.02. The maximum atomic E-state index is 11.3. The van der Waals surface area contributed by atoms with Crippen LogP contribution in [0.5, 0.6) is 0 Å². The number of rotatable bonds is 9. The molecule has 0 saturated heterocycles. The number of anilines is 1. The van der Waals surface area contributed by atoms with Crippen molar-refractivity contribution >= 4 is 50.6 Å². The fourth-order valence-electron chi connectivity index (χ4n) is 3.11. The quantitative estimate of drug-likeness (QED) is 0.0658. The number of carbonyl (C=O) groups is 3. The highest BCUT2D eigenvalue weighted by Crippen LogP contribution is 2.17. The van der Waals surface area contributed by atoms with Crippen molar-refractivity contribution in [1.82, 2.24) is 0 Å². The van der Waals surface area contributed by atoms with Crippen molar-refractivity contribution in [1.29, 1.82) is 0 Å². The van der Waals surface area contributed by atoms with Crippen molar-refractivity contribution in [2.45, 2.75) is 18.2 Å². The molecule has 0 radical (unpaired) electrons. The zero-order valence-corrected chi connectivity index (χ0v) is 25.0. The van der Waals surface area contributed by atoms with Gasteiger partial charge >= 0.3 is 17.7 Å². The van der Waals surface area contributed by atoms with Gasteiger partial charge in [-0.25, -0.2) is 13.2 Å². The number of nitro benzene ring substituents is 2. The van der Waals surface area contributed by atoms with Crippen molar-refractivity contribution in [3.05, 3.63) is 120 Å². The Hall–Kier alpha value is -6.49. The molecule has 0 bridgehead atoms. The molecule has 3 aromatic carbocycles. The van der Waals surface area contributed by atoms with Crippen molar-refractivity contribution in [3.8, 4) is 0 Å². The number of benzene rings is 3. The number of nitrogens with zero attached hydrogens (tertiary/aromatic N) is 7. The Bertz CT molecular complexity index is 1820. The predicted octanol–water partition coefficient (Wildman–Crippen LogP) is 3.74. The Morgan fingerprint density at radius 3 is 1.93 bits per heavy atom. The van der Waals surface area contributed by atoms with Gasteiger partial charge in [0.25, 0.3) is 21.4 Å². The van der Waals surface area contributed by atoms with Gasteiger partial charge in [0.1, 0.15) is 0 Å². The van der Waals surface area contributed by atoms with Gasteiger partial charge in [0, 0.05) is 46.3 Å². The number of ether oxygens (including phenoxy) is 2. The van der Waals surface area contributed by atoms with Crippen LogP contribution < -0.4 is 5.32 Å². The van der Waals surface area contributed by atoms with Crippen molar-refractivity contribution in [2.75, 3.05) is 19.5 Å². The molecule has 3 aromatic rings. The average molecular weight is 657 g/mol. The largest absolute Gasteiger partial charge is 0.469 e. The van der Waals surface area contributed by atoms with E-state index in [1.165, 1.54) is 74.7 Å². The van der Waals surface area contributed by atoms with Gasteiger partial charge in [-0.1, -0.05) is 18.2 Å². The second-order valence-corrected chi connectivity index (χ2v) is 9.86. The van der Waals surface area contributed by atoms with E-state index < -0.39 is 31.8 Å². The number of hydrogen-bond donors (Lipinski definition) is 1. The third-order valence-corrected chi connectivity index (χ3v) is 6.28. The first-order valence-electron chi connectivity index (χ1n) is 12.2. The normalized spacial score (nSPS) is 9.63. The number of azide groups is 1. The molecule has 0 heterocycles. The standard InChI is InChI=1S/C9H7N3O4.C9H9NO4.C8H8N4O3S/c1-16-9(13)8(11-10)6-3-2-4-7(5-6)12(14)15;1-14-9(11)6-7-3-2-4-8(5-7)10(12)13;1-6(13)10-7-2-4-8(5-3-7)16(14,15)12-11-9/h2-5H,1H3;2-5H,6H2,1H3;2-5H,1H3,(H,10,13). The smallest absolute Gasteiger partial charge is 0.422 e. The van der Waals surface area contributed by atoms with Crippen molar-refractivity contribution < 1.29 is 46.9 Å². The highest BCUT2D eigenvalue weighted by Gasteiger charge is 2.25. The van der Waals surface area contributed by atoms with E-state index in [-0.39, 0.29) is 39.9 Å². The predicted molar refractivity (Wildman–Crippen MR) is 159 cm³/mol. The van der Waals surface area contributed by atoms with Gasteiger partial charge in [-0.05, 0) is 41.4 Å². The van der Waals surface area contributed by atoms with Gasteiger partial charge in [0.2, 0.25) is 5.91 Å². The number of nitro groups is 2. The summed E-state index contributed by atoms with van der Waals surface area (Å²) in [4.78, 5) is 57.3. The molecule has 0 atom stereocenters. The van der Waals surface area contributed by atoms with Crippen LogP contribution in [0.2, 0.25) is 0 Å². The van der Waals surface area contributed by atoms with Gasteiger partial charge < -0.3 is 20.3 Å². The van der Waals surface area contributed by atoms with Gasteiger partial charge in [0.05, 0.1) is 40.9 Å². The minimum absolute atomic E-state index is 0.0218. The Balaban J connectivity index is 0.000000346. The van der Waals surface area contributed by atoms with E-state index in [9.17, 15) is 43.0 Å². The van der Waals surface area contributed by atoms with Crippen LogP contribution in [0.25, 0.3) is 16.0 Å². The van der Waals surface area contributed by atoms with Gasteiger partial charge in [0.15, 0.2) is 0 Å². The van der Waals surface area contributed by atoms with Crippen LogP contribution >= 0.6 is 0 Å². The number of amides is 1. The molecule has 46 heavy (non-hydrogen) atoms. The SMILES string of the molecule is CC(=O)Nc1ccc(S(=O)(=O)N=[N+]=[N-])cc1.COC(=O)C(=[N+]=[N-])c1cccc([N+](=O)[O-])c1.COC(=O)Cc1cccc([N+](=O)[O-])c1. The Morgan fingerprint density at radius 2 is 1.46 bits per heavy atom. The molecule has 0 aliphatic carbocycles. The second kappa shape index (κ2) is 18.2. The number of non-ortho nitro benzene ring substituents is 2. The maximum absolute atomic E-state index is 11.3. The number of methoxy groups -OCH3 is 2. The van der Waals surface area contributed by atoms with E-state index in [1.54, 1.807) is 6.07 Å². The summed E-state index contributed by atoms with van der Waals surface area (Å²) in [5.74, 6) is -1.54. The van der Waals surface area contributed by atoms with Crippen LogP contribution in [0.4, 0.5) is 17.1 Å². The molecule has 20 heteroatoms. The molecule has 1 amide bonds. The lowest BCUT2D eigenvalue weighted by Gasteiger charge is -2.02. The summed E-state index contributed by atoms with van der Waals surface area (Å²) in [6.07, 6.45) is 0.0537. The minimum atomic E-state index is -3.96. The zero-order chi connectivity index (χ0) is 34.9. The fraction of sp³-hybridized carbons (Fsp3) is 0.154. The lowest BCUT2D eigenvalue weighted by atomic mass is 10.1. The van der Waals surface area contributed by atoms with Crippen molar-refractivity contribution in [3.63, 3.8) is 0 Å². The van der Waals surface area contributed by atoms with E-state index in [4.69, 9.17) is 11.1 Å². The lowest BCUT2D eigenvalue weighted by Crippen LogP contribution is -2.18. The molecule has 0 saturated carbocycles. The maximum Gasteiger partial charge on any atom is 0.422 e. The molecule has 1 N–H and O–H groups in total. The van der Waals surface area contributed by atoms with Crippen LogP contribution in [-0.2, 0) is 40.3 Å². The summed E-state index contributed by atoms with van der Waals surface area (Å²) < 4.78 is 34.0. The summed E-state index contributed by atoms with van der Waals surface area (Å²) in [7, 11) is -1.57. The highest BCUT2D eigenvalue weighted by molar-refractivity contribution is 7.90. The lowest BCUT2D eigenvalue weighted by molar-refractivity contribution is -0.385. The molecule has 0 spiro atoms. The summed E-state index contributed by atoms with van der Waals surface area (Å²) in [5.41, 5.74) is 17.2. The number of carbonyl (C=O) groups excluding carboxylic acids is 3. The zero-order valence-electron chi connectivity index (χ0n) is 24.2. The third kappa shape index (κ3) is 12.4. The highest BCUT2D eigenvalue weighted by atomic mass is 32.2. The van der Waals surface area contributed by atoms with Crippen LogP contribution in [-0.4, -0.2) is 60.8 Å². The Kier molecular flexibility index (Phi) is 14.9. The molecule has 0 fully saturated rings. The first-order valence-corrected chi connectivity index (χ1v) is 13.7. The molecule has 3 rings (SSSR count). The molecule has 0 aliphatic rings. The van der Waals surface area contributed by atoms with Crippen LogP contribution in [0.15, 0.2) is 82.2 Å². The topological polar surface area (TPSA) is 287 Å². The molecular weight excluding hydrogens is 632 g/mol. The molecule has 19 nitrogen and oxygen atoms in total. The molecule has 0 aliphatic heterocycles. The summed E-state index contributed by atoms with van der Waals surface area (Å²) in [6.45, 7) is 1.34. The van der Waals surface area contributed by atoms with Gasteiger partial charge in [-0.15, -0.1) is 0 Å². The third-order valence-electron chi connectivity index (χ3n) is 5.12.